The van der Waals surface area contributed by atoms with Crippen molar-refractivity contribution in [3.63, 3.8) is 0 Å². The van der Waals surface area contributed by atoms with Crippen molar-refractivity contribution in [1.29, 1.82) is 0 Å². The molecule has 1 unspecified atom stereocenters. The number of nitrogens with one attached hydrogen (secondary N) is 1. The number of carbonyl (C=O) groups excluding carboxylic acids is 1. The Hall–Kier alpha value is -1.99. The summed E-state index contributed by atoms with van der Waals surface area (Å²) in [6.07, 6.45) is 10.4. The second-order valence-electron chi connectivity index (χ2n) is 5.05. The summed E-state index contributed by atoms with van der Waals surface area (Å²) in [4.78, 5) is 11.7. The molecule has 1 atom stereocenters. The number of hydrogen-bond donors (Lipinski definition) is 2. The van der Waals surface area contributed by atoms with E-state index in [-0.39, 0.29) is 12.3 Å². The fourth-order valence-corrected chi connectivity index (χ4v) is 2.27. The molecule has 0 aromatic heterocycles. The third-order valence-electron chi connectivity index (χ3n) is 3.40. The second-order valence-corrected chi connectivity index (χ2v) is 5.05. The van der Waals surface area contributed by atoms with E-state index in [0.29, 0.717) is 11.8 Å². The number of benzene rings is 1. The summed E-state index contributed by atoms with van der Waals surface area (Å²) in [6, 6.07) is 6.67. The van der Waals surface area contributed by atoms with E-state index in [1.807, 2.05) is 24.3 Å². The Morgan fingerprint density at radius 1 is 1.40 bits per heavy atom. The fraction of sp³-hybridized carbons (Fsp3) is 0.438. The highest BCUT2D eigenvalue weighted by molar-refractivity contribution is 5.94. The zero-order valence-corrected chi connectivity index (χ0v) is 11.5. The minimum atomic E-state index is -0.672. The molecule has 0 heterocycles. The van der Waals surface area contributed by atoms with Gasteiger partial charge in [0.15, 0.2) is 0 Å². The highest BCUT2D eigenvalue weighted by Gasteiger charge is 2.16. The van der Waals surface area contributed by atoms with Crippen molar-refractivity contribution < 1.29 is 9.53 Å². The molecule has 0 aliphatic heterocycles. The van der Waals surface area contributed by atoms with E-state index >= 15 is 0 Å². The van der Waals surface area contributed by atoms with Gasteiger partial charge < -0.3 is 15.8 Å². The van der Waals surface area contributed by atoms with Crippen molar-refractivity contribution in [2.75, 3.05) is 5.32 Å². The van der Waals surface area contributed by atoms with Crippen molar-refractivity contribution in [1.82, 2.24) is 0 Å². The minimum Gasteiger partial charge on any atom is -0.490 e. The van der Waals surface area contributed by atoms with Crippen LogP contribution in [0.2, 0.25) is 0 Å². The van der Waals surface area contributed by atoms with Gasteiger partial charge in [-0.15, -0.1) is 12.3 Å². The third-order valence-corrected chi connectivity index (χ3v) is 3.40. The van der Waals surface area contributed by atoms with Gasteiger partial charge in [0.05, 0.1) is 12.1 Å². The number of hydrogen-bond acceptors (Lipinski definition) is 3. The zero-order valence-electron chi connectivity index (χ0n) is 11.5. The van der Waals surface area contributed by atoms with Crippen LogP contribution in [-0.4, -0.2) is 18.1 Å². The van der Waals surface area contributed by atoms with E-state index in [2.05, 4.69) is 11.2 Å². The number of amides is 1. The molecule has 0 bridgehead atoms. The molecule has 1 aliphatic carbocycles. The molecule has 2 rings (SSSR count). The number of rotatable bonds is 5. The van der Waals surface area contributed by atoms with Crippen molar-refractivity contribution in [3.05, 3.63) is 24.3 Å². The van der Waals surface area contributed by atoms with Crippen LogP contribution in [0.4, 0.5) is 5.69 Å². The van der Waals surface area contributed by atoms with Crippen molar-refractivity contribution in [2.45, 2.75) is 44.2 Å². The average molecular weight is 272 g/mol. The summed E-state index contributed by atoms with van der Waals surface area (Å²) < 4.78 is 5.86. The van der Waals surface area contributed by atoms with Crippen LogP contribution in [-0.2, 0) is 4.79 Å². The topological polar surface area (TPSA) is 64.4 Å². The van der Waals surface area contributed by atoms with Gasteiger partial charge in [0, 0.05) is 12.1 Å². The van der Waals surface area contributed by atoms with Gasteiger partial charge in [0.1, 0.15) is 5.75 Å². The van der Waals surface area contributed by atoms with Crippen LogP contribution in [0, 0.1) is 12.3 Å². The van der Waals surface area contributed by atoms with Gasteiger partial charge in [-0.2, -0.15) is 0 Å². The Balaban J connectivity index is 1.87. The van der Waals surface area contributed by atoms with Crippen LogP contribution in [0.15, 0.2) is 24.3 Å². The zero-order chi connectivity index (χ0) is 14.4. The molecule has 1 aromatic carbocycles. The largest absolute Gasteiger partial charge is 0.490 e. The number of nitrogens with two attached hydrogens (primary N) is 1. The van der Waals surface area contributed by atoms with Crippen LogP contribution >= 0.6 is 0 Å². The number of terminal acetylenes is 1. The number of anilines is 1. The maximum Gasteiger partial charge on any atom is 0.242 e. The molecule has 1 amide bonds. The van der Waals surface area contributed by atoms with Gasteiger partial charge in [-0.05, 0) is 49.9 Å². The summed E-state index contributed by atoms with van der Waals surface area (Å²) in [5.41, 5.74) is 6.33. The first kappa shape index (κ1) is 14.4. The standard InChI is InChI=1S/C16H20N2O2/c1-2-5-15(17)16(19)18-12-8-10-14(11-9-12)20-13-6-3-4-7-13/h1,8-11,13,15H,3-7,17H2,(H,18,19). The average Bonchev–Trinajstić information content (AvgIpc) is 2.94. The molecular formula is C16H20N2O2. The smallest absolute Gasteiger partial charge is 0.242 e. The predicted molar refractivity (Wildman–Crippen MR) is 79.4 cm³/mol. The van der Waals surface area contributed by atoms with Gasteiger partial charge in [0.2, 0.25) is 5.91 Å². The lowest BCUT2D eigenvalue weighted by Crippen LogP contribution is -2.35. The molecule has 1 fully saturated rings. The monoisotopic (exact) mass is 272 g/mol. The Morgan fingerprint density at radius 2 is 2.05 bits per heavy atom. The number of ether oxygens (including phenoxy) is 1. The molecule has 0 saturated heterocycles. The summed E-state index contributed by atoms with van der Waals surface area (Å²) in [6.45, 7) is 0. The normalized spacial score (nSPS) is 16.4. The summed E-state index contributed by atoms with van der Waals surface area (Å²) in [7, 11) is 0. The summed E-state index contributed by atoms with van der Waals surface area (Å²) >= 11 is 0. The van der Waals surface area contributed by atoms with Crippen LogP contribution in [0.25, 0.3) is 0 Å². The Labute approximate surface area is 119 Å². The molecule has 20 heavy (non-hydrogen) atoms. The first-order chi connectivity index (χ1) is 9.69. The van der Waals surface area contributed by atoms with Crippen LogP contribution < -0.4 is 15.8 Å². The Kier molecular flexibility index (Phi) is 5.03. The van der Waals surface area contributed by atoms with Gasteiger partial charge in [-0.25, -0.2) is 0 Å². The Bertz CT molecular complexity index is 484. The quantitative estimate of drug-likeness (QED) is 0.808. The van der Waals surface area contributed by atoms with Gasteiger partial charge in [-0.3, -0.25) is 4.79 Å². The van der Waals surface area contributed by atoms with E-state index in [1.54, 1.807) is 0 Å². The maximum atomic E-state index is 11.7. The van der Waals surface area contributed by atoms with Gasteiger partial charge >= 0.3 is 0 Å². The van der Waals surface area contributed by atoms with Crippen LogP contribution in [0.3, 0.4) is 0 Å². The lowest BCUT2D eigenvalue weighted by molar-refractivity contribution is -0.117. The van der Waals surface area contributed by atoms with E-state index in [0.717, 1.165) is 18.6 Å². The highest BCUT2D eigenvalue weighted by Crippen LogP contribution is 2.24. The Morgan fingerprint density at radius 3 is 2.65 bits per heavy atom. The SMILES string of the molecule is C#CCC(N)C(=O)Nc1ccc(OC2CCCC2)cc1. The molecule has 0 spiro atoms. The predicted octanol–water partition coefficient (Wildman–Crippen LogP) is 2.30. The molecule has 1 aliphatic rings. The van der Waals surface area contributed by atoms with Crippen LogP contribution in [0.5, 0.6) is 5.75 Å². The first-order valence-corrected chi connectivity index (χ1v) is 6.95. The minimum absolute atomic E-state index is 0.231. The molecule has 4 nitrogen and oxygen atoms in total. The molecular weight excluding hydrogens is 252 g/mol. The first-order valence-electron chi connectivity index (χ1n) is 6.95. The van der Waals surface area contributed by atoms with Crippen molar-refractivity contribution >= 4 is 11.6 Å². The fourth-order valence-electron chi connectivity index (χ4n) is 2.27. The van der Waals surface area contributed by atoms with Crippen molar-refractivity contribution in [2.24, 2.45) is 5.73 Å². The molecule has 1 saturated carbocycles. The molecule has 0 radical (unpaired) electrons. The third kappa shape index (κ3) is 4.01. The van der Waals surface area contributed by atoms with E-state index in [4.69, 9.17) is 16.9 Å². The van der Waals surface area contributed by atoms with E-state index in [1.165, 1.54) is 12.8 Å². The van der Waals surface area contributed by atoms with Gasteiger partial charge in [-0.1, -0.05) is 0 Å². The van der Waals surface area contributed by atoms with Crippen molar-refractivity contribution in [3.8, 4) is 18.1 Å². The lowest BCUT2D eigenvalue weighted by atomic mass is 10.2. The molecule has 106 valence electrons. The summed E-state index contributed by atoms with van der Waals surface area (Å²) in [5, 5.41) is 2.73. The molecule has 1 aromatic rings. The van der Waals surface area contributed by atoms with E-state index < -0.39 is 6.04 Å². The highest BCUT2D eigenvalue weighted by atomic mass is 16.5. The van der Waals surface area contributed by atoms with E-state index in [9.17, 15) is 4.79 Å². The maximum absolute atomic E-state index is 11.7. The lowest BCUT2D eigenvalue weighted by Gasteiger charge is -2.14. The molecule has 4 heteroatoms. The summed E-state index contributed by atoms with van der Waals surface area (Å²) in [5.74, 6) is 2.94. The molecule has 3 N–H and O–H groups in total. The number of carbonyl (C=O) groups is 1. The van der Waals surface area contributed by atoms with Crippen LogP contribution in [0.1, 0.15) is 32.1 Å². The second kappa shape index (κ2) is 6.97. The van der Waals surface area contributed by atoms with Gasteiger partial charge in [0.25, 0.3) is 0 Å².